The molecule has 0 spiro atoms. The van der Waals surface area contributed by atoms with Gasteiger partial charge < -0.3 is 4.74 Å². The zero-order valence-corrected chi connectivity index (χ0v) is 6.10. The van der Waals surface area contributed by atoms with Gasteiger partial charge in [-0.2, -0.15) is 5.26 Å². The Kier molecular flexibility index (Phi) is 4.16. The van der Waals surface area contributed by atoms with E-state index in [9.17, 15) is 9.00 Å². The molecule has 0 bridgehead atoms. The van der Waals surface area contributed by atoms with Gasteiger partial charge in [0.15, 0.2) is 0 Å². The second-order valence-electron chi connectivity index (χ2n) is 1.24. The van der Waals surface area contributed by atoms with Crippen LogP contribution in [-0.4, -0.2) is 21.6 Å². The third-order valence-corrected chi connectivity index (χ3v) is 1.07. The Labute approximate surface area is 61.5 Å². The second-order valence-corrected chi connectivity index (χ2v) is 1.82. The predicted octanol–water partition coefficient (Wildman–Crippen LogP) is -0.542. The van der Waals surface area contributed by atoms with Gasteiger partial charge in [0.1, 0.15) is 17.3 Å². The van der Waals surface area contributed by atoms with E-state index in [1.807, 2.05) is 0 Å². The summed E-state index contributed by atoms with van der Waals surface area (Å²) in [7, 11) is 0. The van der Waals surface area contributed by atoms with Crippen LogP contribution in [0.2, 0.25) is 0 Å². The molecule has 0 saturated heterocycles. The van der Waals surface area contributed by atoms with Crippen LogP contribution in [-0.2, 0) is 20.8 Å². The van der Waals surface area contributed by atoms with Crippen molar-refractivity contribution in [3.63, 3.8) is 0 Å². The molecule has 5 heteroatoms. The SMILES string of the molecule is CCOC(=O)C(C#N)=S=O. The Morgan fingerprint density at radius 2 is 2.40 bits per heavy atom. The van der Waals surface area contributed by atoms with Crippen molar-refractivity contribution in [2.45, 2.75) is 6.92 Å². The summed E-state index contributed by atoms with van der Waals surface area (Å²) in [5.41, 5.74) is 0. The highest BCUT2D eigenvalue weighted by Gasteiger charge is 2.09. The fraction of sp³-hybridized carbons (Fsp3) is 0.400. The molecule has 0 aliphatic carbocycles. The lowest BCUT2D eigenvalue weighted by Crippen LogP contribution is -2.15. The highest BCUT2D eigenvalue weighted by Crippen LogP contribution is 1.78. The van der Waals surface area contributed by atoms with Gasteiger partial charge in [-0.25, -0.2) is 9.00 Å². The highest BCUT2D eigenvalue weighted by molar-refractivity contribution is 7.69. The number of hydrogen-bond acceptors (Lipinski definition) is 4. The van der Waals surface area contributed by atoms with Gasteiger partial charge in [-0.05, 0) is 6.92 Å². The van der Waals surface area contributed by atoms with E-state index in [4.69, 9.17) is 5.26 Å². The minimum Gasteiger partial charge on any atom is -0.461 e. The molecule has 0 fully saturated rings. The zero-order valence-electron chi connectivity index (χ0n) is 5.29. The van der Waals surface area contributed by atoms with Crippen molar-refractivity contribution in [3.05, 3.63) is 0 Å². The minimum absolute atomic E-state index is 0.151. The highest BCUT2D eigenvalue weighted by atomic mass is 32.1. The van der Waals surface area contributed by atoms with Gasteiger partial charge in [-0.3, -0.25) is 0 Å². The van der Waals surface area contributed by atoms with Crippen molar-refractivity contribution in [2.24, 2.45) is 0 Å². The standard InChI is InChI=1S/C5H5NO3S/c1-2-9-5(7)4(3-6)10-8/h2H2,1H3. The lowest BCUT2D eigenvalue weighted by molar-refractivity contribution is -0.134. The summed E-state index contributed by atoms with van der Waals surface area (Å²) in [5, 5.41) is 8.11. The molecule has 0 aliphatic rings. The maximum absolute atomic E-state index is 10.5. The maximum Gasteiger partial charge on any atom is 0.362 e. The smallest absolute Gasteiger partial charge is 0.362 e. The summed E-state index contributed by atoms with van der Waals surface area (Å²) in [6, 6.07) is 1.43. The van der Waals surface area contributed by atoms with Gasteiger partial charge in [-0.1, -0.05) is 0 Å². The van der Waals surface area contributed by atoms with Gasteiger partial charge in [0.2, 0.25) is 4.86 Å². The molecule has 0 amide bonds. The van der Waals surface area contributed by atoms with Crippen molar-refractivity contribution in [1.29, 1.82) is 5.26 Å². The zero-order chi connectivity index (χ0) is 7.98. The molecule has 0 aromatic heterocycles. The van der Waals surface area contributed by atoms with E-state index < -0.39 is 10.8 Å². The van der Waals surface area contributed by atoms with Gasteiger partial charge in [-0.15, -0.1) is 0 Å². The van der Waals surface area contributed by atoms with Crippen LogP contribution in [0, 0.1) is 11.3 Å². The van der Waals surface area contributed by atoms with E-state index in [0.717, 1.165) is 0 Å². The Bertz CT molecular complexity index is 224. The molecule has 0 aromatic rings. The number of carbonyl (C=O) groups is 1. The molecule has 0 heterocycles. The van der Waals surface area contributed by atoms with Gasteiger partial charge in [0, 0.05) is 0 Å². The number of hydrogen-bond donors (Lipinski definition) is 0. The predicted molar refractivity (Wildman–Crippen MR) is 35.4 cm³/mol. The van der Waals surface area contributed by atoms with Gasteiger partial charge >= 0.3 is 5.97 Å². The third-order valence-electron chi connectivity index (χ3n) is 0.646. The lowest BCUT2D eigenvalue weighted by Gasteiger charge is -1.93. The largest absolute Gasteiger partial charge is 0.461 e. The number of rotatable bonds is 2. The summed E-state index contributed by atoms with van der Waals surface area (Å²) in [4.78, 5) is 10.0. The van der Waals surface area contributed by atoms with Crippen LogP contribution in [0.15, 0.2) is 0 Å². The van der Waals surface area contributed by atoms with Crippen molar-refractivity contribution in [2.75, 3.05) is 6.61 Å². The molecule has 0 atom stereocenters. The molecular weight excluding hydrogens is 154 g/mol. The van der Waals surface area contributed by atoms with Gasteiger partial charge in [0.25, 0.3) is 0 Å². The monoisotopic (exact) mass is 159 g/mol. The van der Waals surface area contributed by atoms with E-state index in [1.54, 1.807) is 6.92 Å². The molecule has 0 unspecified atom stereocenters. The summed E-state index contributed by atoms with van der Waals surface area (Å²) in [6.07, 6.45) is 0. The molecule has 0 saturated carbocycles. The summed E-state index contributed by atoms with van der Waals surface area (Å²) in [6.45, 7) is 1.77. The average molecular weight is 159 g/mol. The Morgan fingerprint density at radius 3 is 2.70 bits per heavy atom. The van der Waals surface area contributed by atoms with E-state index in [2.05, 4.69) is 4.74 Å². The van der Waals surface area contributed by atoms with E-state index >= 15 is 0 Å². The molecule has 4 nitrogen and oxygen atoms in total. The van der Waals surface area contributed by atoms with Crippen molar-refractivity contribution in [1.82, 2.24) is 0 Å². The molecule has 0 aliphatic heterocycles. The average Bonchev–Trinajstić information content (AvgIpc) is 1.91. The third kappa shape index (κ3) is 2.42. The number of carbonyl (C=O) groups excluding carboxylic acids is 1. The number of nitrogens with zero attached hydrogens (tertiary/aromatic N) is 1. The maximum atomic E-state index is 10.5. The first-order valence-corrected chi connectivity index (χ1v) is 3.24. The molecule has 54 valence electrons. The fourth-order valence-electron chi connectivity index (χ4n) is 0.295. The van der Waals surface area contributed by atoms with E-state index in [-0.39, 0.29) is 17.9 Å². The summed E-state index contributed by atoms with van der Waals surface area (Å²) < 4.78 is 14.3. The second kappa shape index (κ2) is 4.70. The van der Waals surface area contributed by atoms with Crippen LogP contribution in [0.3, 0.4) is 0 Å². The molecule has 0 aromatic carbocycles. The first kappa shape index (κ1) is 8.85. The van der Waals surface area contributed by atoms with Gasteiger partial charge in [0.05, 0.1) is 6.61 Å². The first-order chi connectivity index (χ1) is 4.76. The number of ether oxygens (including phenoxy) is 1. The van der Waals surface area contributed by atoms with E-state index in [0.29, 0.717) is 0 Å². The van der Waals surface area contributed by atoms with Crippen LogP contribution in [0.25, 0.3) is 0 Å². The molecular formula is C5H5NO3S. The molecule has 0 radical (unpaired) electrons. The minimum atomic E-state index is -0.843. The van der Waals surface area contributed by atoms with Crippen molar-refractivity contribution >= 4 is 22.1 Å². The topological polar surface area (TPSA) is 67.2 Å². The first-order valence-electron chi connectivity index (χ1n) is 2.50. The Balaban J connectivity index is 4.23. The van der Waals surface area contributed by atoms with Crippen LogP contribution in [0.1, 0.15) is 6.92 Å². The van der Waals surface area contributed by atoms with Crippen LogP contribution in [0.4, 0.5) is 0 Å². The van der Waals surface area contributed by atoms with Crippen LogP contribution < -0.4 is 0 Å². The number of esters is 1. The number of nitriles is 1. The Morgan fingerprint density at radius 1 is 1.80 bits per heavy atom. The summed E-state index contributed by atoms with van der Waals surface area (Å²) >= 11 is -0.151. The normalized spacial score (nSPS) is 7.60. The van der Waals surface area contributed by atoms with Crippen molar-refractivity contribution in [3.8, 4) is 6.07 Å². The van der Waals surface area contributed by atoms with Crippen LogP contribution in [0.5, 0.6) is 0 Å². The van der Waals surface area contributed by atoms with E-state index in [1.165, 1.54) is 6.07 Å². The molecule has 0 N–H and O–H groups in total. The van der Waals surface area contributed by atoms with Crippen LogP contribution >= 0.6 is 0 Å². The molecule has 0 rings (SSSR count). The quantitative estimate of drug-likeness (QED) is 0.401. The molecule has 10 heavy (non-hydrogen) atoms. The Hall–Kier alpha value is -1.15. The summed E-state index contributed by atoms with van der Waals surface area (Å²) in [5.74, 6) is -0.843. The van der Waals surface area contributed by atoms with Crippen molar-refractivity contribution < 1.29 is 13.7 Å². The fourth-order valence-corrected chi connectivity index (χ4v) is 0.459. The lowest BCUT2D eigenvalue weighted by atomic mass is 10.5.